The number of azo groups is 1. The maximum absolute atomic E-state index is 4.49. The number of nitrogens with zero attached hydrogens (tertiary/aromatic N) is 4. The highest BCUT2D eigenvalue weighted by Crippen LogP contribution is 2.28. The minimum absolute atomic E-state index is 0.496. The van der Waals surface area contributed by atoms with Gasteiger partial charge in [-0.05, 0) is 31.2 Å². The zero-order chi connectivity index (χ0) is 18.5. The molecule has 1 aromatic heterocycles. The van der Waals surface area contributed by atoms with Crippen LogP contribution in [0.2, 0.25) is 0 Å². The highest BCUT2D eigenvalue weighted by Gasteiger charge is 2.05. The van der Waals surface area contributed by atoms with Gasteiger partial charge in [0.1, 0.15) is 0 Å². The maximum Gasteiger partial charge on any atom is 0.231 e. The highest BCUT2D eigenvalue weighted by atomic mass is 32.1. The number of rotatable bonds is 4. The van der Waals surface area contributed by atoms with Crippen molar-refractivity contribution in [3.63, 3.8) is 0 Å². The lowest BCUT2D eigenvalue weighted by molar-refractivity contribution is 1.21. The number of thiazole rings is 1. The molecule has 132 valence electrons. The van der Waals surface area contributed by atoms with Gasteiger partial charge in [-0.15, -0.1) is 10.2 Å². The predicted octanol–water partition coefficient (Wildman–Crippen LogP) is 6.16. The summed E-state index contributed by atoms with van der Waals surface area (Å²) >= 11 is 1.50. The van der Waals surface area contributed by atoms with Gasteiger partial charge in [-0.1, -0.05) is 71.5 Å². The molecule has 6 heteroatoms. The molecule has 4 rings (SSSR count). The van der Waals surface area contributed by atoms with Gasteiger partial charge in [0.2, 0.25) is 11.0 Å². The van der Waals surface area contributed by atoms with Crippen LogP contribution in [0.25, 0.3) is 10.2 Å². The molecule has 0 saturated carbocycles. The van der Waals surface area contributed by atoms with E-state index in [-0.39, 0.29) is 0 Å². The van der Waals surface area contributed by atoms with Crippen molar-refractivity contribution >= 4 is 38.2 Å². The number of anilines is 1. The average molecular weight is 371 g/mol. The SMILES string of the molecule is Cc1ccc(N/N=C(/N=Nc2nc3ccccc3s2)c2ccccc2)cc1. The van der Waals surface area contributed by atoms with E-state index in [0.717, 1.165) is 21.5 Å². The molecule has 1 heterocycles. The minimum atomic E-state index is 0.496. The van der Waals surface area contributed by atoms with Crippen molar-refractivity contribution in [2.24, 2.45) is 15.3 Å². The number of hydrogen-bond donors (Lipinski definition) is 1. The van der Waals surface area contributed by atoms with Crippen molar-refractivity contribution in [1.29, 1.82) is 0 Å². The first-order valence-electron chi connectivity index (χ1n) is 8.51. The Hall–Kier alpha value is -3.38. The number of aryl methyl sites for hydroxylation is 1. The Morgan fingerprint density at radius 3 is 2.41 bits per heavy atom. The summed E-state index contributed by atoms with van der Waals surface area (Å²) in [5.41, 5.74) is 6.94. The summed E-state index contributed by atoms with van der Waals surface area (Å²) in [6.45, 7) is 2.05. The number of hydrogen-bond acceptors (Lipinski definition) is 5. The average Bonchev–Trinajstić information content (AvgIpc) is 3.13. The lowest BCUT2D eigenvalue weighted by atomic mass is 10.2. The van der Waals surface area contributed by atoms with Crippen molar-refractivity contribution < 1.29 is 0 Å². The third-order valence-electron chi connectivity index (χ3n) is 3.89. The van der Waals surface area contributed by atoms with Gasteiger partial charge in [0.25, 0.3) is 0 Å². The van der Waals surface area contributed by atoms with E-state index < -0.39 is 0 Å². The molecule has 0 amide bonds. The Morgan fingerprint density at radius 1 is 0.889 bits per heavy atom. The Morgan fingerprint density at radius 2 is 1.63 bits per heavy atom. The number of nitrogens with one attached hydrogen (secondary N) is 1. The van der Waals surface area contributed by atoms with Crippen LogP contribution in [0.1, 0.15) is 11.1 Å². The fraction of sp³-hybridized carbons (Fsp3) is 0.0476. The van der Waals surface area contributed by atoms with Crippen LogP contribution in [0, 0.1) is 6.92 Å². The van der Waals surface area contributed by atoms with Crippen molar-refractivity contribution in [2.75, 3.05) is 5.43 Å². The van der Waals surface area contributed by atoms with E-state index in [0.29, 0.717) is 11.0 Å². The first kappa shape index (κ1) is 17.1. The van der Waals surface area contributed by atoms with Crippen LogP contribution in [-0.2, 0) is 0 Å². The first-order chi connectivity index (χ1) is 13.3. The Labute approximate surface area is 161 Å². The van der Waals surface area contributed by atoms with E-state index in [9.17, 15) is 0 Å². The standard InChI is InChI=1S/C21H17N5S/c1-15-11-13-17(14-12-15)23-24-20(16-7-3-2-4-8-16)25-26-21-22-18-9-5-6-10-19(18)27-21/h2-14,23H,1H3/b24-20+,26-25?. The predicted molar refractivity (Wildman–Crippen MR) is 112 cm³/mol. The number of hydrazone groups is 1. The third kappa shape index (κ3) is 4.24. The Balaban J connectivity index is 1.63. The zero-order valence-electron chi connectivity index (χ0n) is 14.7. The van der Waals surface area contributed by atoms with E-state index in [1.807, 2.05) is 78.9 Å². The second kappa shape index (κ2) is 7.88. The third-order valence-corrected chi connectivity index (χ3v) is 4.81. The lowest BCUT2D eigenvalue weighted by Crippen LogP contribution is -2.01. The molecule has 0 saturated heterocycles. The van der Waals surface area contributed by atoms with Gasteiger partial charge < -0.3 is 0 Å². The van der Waals surface area contributed by atoms with Crippen LogP contribution in [0.3, 0.4) is 0 Å². The van der Waals surface area contributed by atoms with Crippen molar-refractivity contribution in [2.45, 2.75) is 6.92 Å². The minimum Gasteiger partial charge on any atom is -0.276 e. The van der Waals surface area contributed by atoms with Crippen molar-refractivity contribution in [3.05, 3.63) is 90.0 Å². The van der Waals surface area contributed by atoms with Gasteiger partial charge >= 0.3 is 0 Å². The van der Waals surface area contributed by atoms with Crippen LogP contribution in [-0.4, -0.2) is 10.8 Å². The molecule has 0 aliphatic carbocycles. The van der Waals surface area contributed by atoms with E-state index in [1.165, 1.54) is 16.9 Å². The largest absolute Gasteiger partial charge is 0.276 e. The summed E-state index contributed by atoms with van der Waals surface area (Å²) in [7, 11) is 0. The molecule has 0 fully saturated rings. The molecule has 27 heavy (non-hydrogen) atoms. The summed E-state index contributed by atoms with van der Waals surface area (Å²) in [5, 5.41) is 13.7. The number of fused-ring (bicyclic) bond motifs is 1. The second-order valence-electron chi connectivity index (χ2n) is 5.94. The molecule has 0 atom stereocenters. The summed E-state index contributed by atoms with van der Waals surface area (Å²) < 4.78 is 1.09. The topological polar surface area (TPSA) is 62.0 Å². The summed E-state index contributed by atoms with van der Waals surface area (Å²) in [5.74, 6) is 0.496. The lowest BCUT2D eigenvalue weighted by Gasteiger charge is -2.03. The van der Waals surface area contributed by atoms with E-state index in [1.54, 1.807) is 0 Å². The molecule has 0 aliphatic rings. The smallest absolute Gasteiger partial charge is 0.231 e. The van der Waals surface area contributed by atoms with Gasteiger partial charge in [-0.3, -0.25) is 5.43 Å². The molecule has 1 N–H and O–H groups in total. The molecule has 4 aromatic rings. The number of amidine groups is 1. The van der Waals surface area contributed by atoms with Crippen LogP contribution < -0.4 is 5.43 Å². The van der Waals surface area contributed by atoms with Crippen LogP contribution in [0.4, 0.5) is 10.8 Å². The summed E-state index contributed by atoms with van der Waals surface area (Å²) in [6.07, 6.45) is 0. The molecule has 5 nitrogen and oxygen atoms in total. The van der Waals surface area contributed by atoms with Crippen molar-refractivity contribution in [3.8, 4) is 0 Å². The molecular weight excluding hydrogens is 354 g/mol. The molecule has 0 aliphatic heterocycles. The van der Waals surface area contributed by atoms with Crippen LogP contribution >= 0.6 is 11.3 Å². The van der Waals surface area contributed by atoms with E-state index in [2.05, 4.69) is 32.7 Å². The van der Waals surface area contributed by atoms with Gasteiger partial charge in [0.05, 0.1) is 15.9 Å². The maximum atomic E-state index is 4.49. The highest BCUT2D eigenvalue weighted by molar-refractivity contribution is 7.21. The Kier molecular flexibility index (Phi) is 4.98. The van der Waals surface area contributed by atoms with Gasteiger partial charge in [0.15, 0.2) is 0 Å². The number of aromatic nitrogens is 1. The number of para-hydroxylation sites is 1. The normalized spacial score (nSPS) is 12.0. The molecular formula is C21H17N5S. The first-order valence-corrected chi connectivity index (χ1v) is 9.33. The van der Waals surface area contributed by atoms with Gasteiger partial charge in [0, 0.05) is 5.56 Å². The molecule has 0 spiro atoms. The second-order valence-corrected chi connectivity index (χ2v) is 6.95. The molecule has 3 aromatic carbocycles. The van der Waals surface area contributed by atoms with Gasteiger partial charge in [-0.2, -0.15) is 5.10 Å². The van der Waals surface area contributed by atoms with E-state index >= 15 is 0 Å². The number of benzene rings is 3. The van der Waals surface area contributed by atoms with Crippen molar-refractivity contribution in [1.82, 2.24) is 4.98 Å². The zero-order valence-corrected chi connectivity index (χ0v) is 15.5. The molecule has 0 unspecified atom stereocenters. The molecule has 0 bridgehead atoms. The summed E-state index contributed by atoms with van der Waals surface area (Å²) in [4.78, 5) is 4.49. The molecule has 0 radical (unpaired) electrons. The quantitative estimate of drug-likeness (QED) is 0.202. The Bertz CT molecular complexity index is 1070. The van der Waals surface area contributed by atoms with Gasteiger partial charge in [-0.25, -0.2) is 4.98 Å². The fourth-order valence-electron chi connectivity index (χ4n) is 2.47. The van der Waals surface area contributed by atoms with Crippen LogP contribution in [0.15, 0.2) is 94.2 Å². The van der Waals surface area contributed by atoms with Crippen LogP contribution in [0.5, 0.6) is 0 Å². The monoisotopic (exact) mass is 371 g/mol. The van der Waals surface area contributed by atoms with E-state index in [4.69, 9.17) is 0 Å². The fourth-order valence-corrected chi connectivity index (χ4v) is 3.26. The summed E-state index contributed by atoms with van der Waals surface area (Å²) in [6, 6.07) is 25.7.